The molecular formula is C22H31N5O2. The Morgan fingerprint density at radius 1 is 1.03 bits per heavy atom. The van der Waals surface area contributed by atoms with E-state index in [1.54, 1.807) is 20.0 Å². The maximum Gasteiger partial charge on any atom is 0.129 e. The molecule has 0 unspecified atom stereocenters. The summed E-state index contributed by atoms with van der Waals surface area (Å²) in [7, 11) is 0. The van der Waals surface area contributed by atoms with E-state index in [1.165, 1.54) is 0 Å². The van der Waals surface area contributed by atoms with E-state index >= 15 is 0 Å². The van der Waals surface area contributed by atoms with Crippen LogP contribution in [0.3, 0.4) is 0 Å². The molecule has 2 rings (SSSR count). The third kappa shape index (κ3) is 8.29. The normalized spacial score (nSPS) is 11.4. The number of Topliss-reactive ketones (excluding diaryl/α,β-unsaturated/α-hetero) is 2. The fourth-order valence-electron chi connectivity index (χ4n) is 2.89. The number of nitrogens with zero attached hydrogens (tertiary/aromatic N) is 3. The monoisotopic (exact) mass is 397 g/mol. The van der Waals surface area contributed by atoms with Gasteiger partial charge in [0, 0.05) is 37.7 Å². The lowest BCUT2D eigenvalue weighted by Crippen LogP contribution is -2.11. The smallest absolute Gasteiger partial charge is 0.129 e. The summed E-state index contributed by atoms with van der Waals surface area (Å²) in [6, 6.07) is 7.88. The quantitative estimate of drug-likeness (QED) is 0.503. The van der Waals surface area contributed by atoms with E-state index in [-0.39, 0.29) is 11.6 Å². The SMILES string of the molecule is CC(=O)CCCCN/C=C(\N)c1ccc(-c2cn(CCCCC(C)=O)nn2)cc1. The highest BCUT2D eigenvalue weighted by molar-refractivity contribution is 5.75. The number of carbonyl (C=O) groups is 2. The molecule has 1 aromatic carbocycles. The third-order valence-corrected chi connectivity index (χ3v) is 4.58. The van der Waals surface area contributed by atoms with Crippen molar-refractivity contribution >= 4 is 17.3 Å². The van der Waals surface area contributed by atoms with E-state index in [0.717, 1.165) is 55.6 Å². The average molecular weight is 398 g/mol. The number of nitrogens with one attached hydrogen (secondary N) is 1. The van der Waals surface area contributed by atoms with Crippen LogP contribution in [0.25, 0.3) is 17.0 Å². The van der Waals surface area contributed by atoms with Crippen LogP contribution in [0.2, 0.25) is 0 Å². The van der Waals surface area contributed by atoms with Crippen molar-refractivity contribution < 1.29 is 9.59 Å². The van der Waals surface area contributed by atoms with Crippen LogP contribution < -0.4 is 11.1 Å². The van der Waals surface area contributed by atoms with Gasteiger partial charge in [0.05, 0.1) is 11.9 Å². The summed E-state index contributed by atoms with van der Waals surface area (Å²) in [5.74, 6) is 0.453. The number of carbonyl (C=O) groups excluding carboxylic acids is 2. The molecule has 0 atom stereocenters. The first-order valence-electron chi connectivity index (χ1n) is 10.1. The first kappa shape index (κ1) is 22.3. The predicted molar refractivity (Wildman–Crippen MR) is 115 cm³/mol. The maximum atomic E-state index is 11.0. The number of aromatic nitrogens is 3. The molecule has 0 radical (unpaired) electrons. The van der Waals surface area contributed by atoms with E-state index in [9.17, 15) is 9.59 Å². The molecule has 0 spiro atoms. The van der Waals surface area contributed by atoms with E-state index in [2.05, 4.69) is 15.6 Å². The minimum Gasteiger partial charge on any atom is -0.397 e. The molecule has 1 heterocycles. The number of nitrogens with two attached hydrogens (primary N) is 1. The minimum atomic E-state index is 0.223. The molecule has 0 saturated heterocycles. The van der Waals surface area contributed by atoms with Gasteiger partial charge in [-0.25, -0.2) is 0 Å². The summed E-state index contributed by atoms with van der Waals surface area (Å²) in [6.07, 6.45) is 8.58. The molecule has 29 heavy (non-hydrogen) atoms. The molecule has 2 aromatic rings. The van der Waals surface area contributed by atoms with Gasteiger partial charge in [-0.3, -0.25) is 4.68 Å². The molecule has 0 bridgehead atoms. The van der Waals surface area contributed by atoms with E-state index < -0.39 is 0 Å². The van der Waals surface area contributed by atoms with E-state index in [1.807, 2.05) is 35.1 Å². The van der Waals surface area contributed by atoms with Gasteiger partial charge in [-0.05, 0) is 45.1 Å². The first-order valence-corrected chi connectivity index (χ1v) is 10.1. The van der Waals surface area contributed by atoms with Gasteiger partial charge in [-0.1, -0.05) is 29.5 Å². The van der Waals surface area contributed by atoms with Gasteiger partial charge in [-0.15, -0.1) is 5.10 Å². The van der Waals surface area contributed by atoms with Gasteiger partial charge in [0.15, 0.2) is 0 Å². The van der Waals surface area contributed by atoms with Crippen molar-refractivity contribution in [2.75, 3.05) is 6.54 Å². The van der Waals surface area contributed by atoms with Gasteiger partial charge in [0.2, 0.25) is 0 Å². The summed E-state index contributed by atoms with van der Waals surface area (Å²) < 4.78 is 1.81. The van der Waals surface area contributed by atoms with E-state index in [4.69, 9.17) is 5.73 Å². The lowest BCUT2D eigenvalue weighted by molar-refractivity contribution is -0.117. The van der Waals surface area contributed by atoms with E-state index in [0.29, 0.717) is 18.5 Å². The van der Waals surface area contributed by atoms with Crippen LogP contribution in [0, 0.1) is 0 Å². The zero-order valence-electron chi connectivity index (χ0n) is 17.4. The van der Waals surface area contributed by atoms with Gasteiger partial charge < -0.3 is 20.6 Å². The molecule has 0 saturated carbocycles. The number of unbranched alkanes of at least 4 members (excludes halogenated alkanes) is 2. The fourth-order valence-corrected chi connectivity index (χ4v) is 2.89. The average Bonchev–Trinajstić information content (AvgIpc) is 3.16. The second kappa shape index (κ2) is 11.8. The second-order valence-corrected chi connectivity index (χ2v) is 7.32. The van der Waals surface area contributed by atoms with Crippen molar-refractivity contribution in [2.45, 2.75) is 58.9 Å². The molecule has 0 aliphatic carbocycles. The lowest BCUT2D eigenvalue weighted by atomic mass is 10.1. The Hall–Kier alpha value is -2.96. The molecule has 0 aliphatic heterocycles. The Kier molecular flexibility index (Phi) is 9.08. The van der Waals surface area contributed by atoms with Crippen LogP contribution in [0.15, 0.2) is 36.7 Å². The highest BCUT2D eigenvalue weighted by Crippen LogP contribution is 2.19. The maximum absolute atomic E-state index is 11.0. The lowest BCUT2D eigenvalue weighted by Gasteiger charge is -2.05. The number of hydrogen-bond donors (Lipinski definition) is 2. The Morgan fingerprint density at radius 3 is 2.34 bits per heavy atom. The van der Waals surface area contributed by atoms with Crippen LogP contribution in [0.5, 0.6) is 0 Å². The second-order valence-electron chi connectivity index (χ2n) is 7.32. The highest BCUT2D eigenvalue weighted by atomic mass is 16.1. The molecule has 7 heteroatoms. The van der Waals surface area contributed by atoms with Crippen molar-refractivity contribution in [3.05, 3.63) is 42.2 Å². The molecule has 156 valence electrons. The topological polar surface area (TPSA) is 103 Å². The Balaban J connectivity index is 1.82. The van der Waals surface area contributed by atoms with Crippen molar-refractivity contribution in [3.63, 3.8) is 0 Å². The zero-order chi connectivity index (χ0) is 21.1. The van der Waals surface area contributed by atoms with Crippen molar-refractivity contribution in [1.82, 2.24) is 20.3 Å². The Bertz CT molecular complexity index is 824. The Morgan fingerprint density at radius 2 is 1.69 bits per heavy atom. The highest BCUT2D eigenvalue weighted by Gasteiger charge is 2.05. The number of hydrogen-bond acceptors (Lipinski definition) is 6. The summed E-state index contributed by atoms with van der Waals surface area (Å²) in [5.41, 5.74) is 9.52. The van der Waals surface area contributed by atoms with Crippen molar-refractivity contribution in [1.29, 1.82) is 0 Å². The molecule has 1 aromatic heterocycles. The van der Waals surface area contributed by atoms with Crippen LogP contribution in [0.4, 0.5) is 0 Å². The predicted octanol–water partition coefficient (Wildman–Crippen LogP) is 3.31. The number of benzene rings is 1. The van der Waals surface area contributed by atoms with Gasteiger partial charge in [0.1, 0.15) is 17.3 Å². The van der Waals surface area contributed by atoms with Crippen molar-refractivity contribution in [3.8, 4) is 11.3 Å². The molecule has 0 amide bonds. The standard InChI is InChI=1S/C22H31N5O2/c1-17(28)7-3-5-13-24-15-21(23)19-9-11-20(12-10-19)22-16-27(26-25-22)14-6-4-8-18(2)29/h9-12,15-16,24H,3-8,13-14,23H2,1-2H3/b21-15-. The van der Waals surface area contributed by atoms with Crippen LogP contribution in [0.1, 0.15) is 57.9 Å². The summed E-state index contributed by atoms with van der Waals surface area (Å²) in [6.45, 7) is 4.78. The third-order valence-electron chi connectivity index (χ3n) is 4.58. The molecule has 7 nitrogen and oxygen atoms in total. The molecule has 0 fully saturated rings. The van der Waals surface area contributed by atoms with Crippen LogP contribution in [-0.2, 0) is 16.1 Å². The number of aryl methyl sites for hydroxylation is 1. The molecule has 0 aliphatic rings. The zero-order valence-corrected chi connectivity index (χ0v) is 17.4. The Labute approximate surface area is 172 Å². The molecule has 3 N–H and O–H groups in total. The van der Waals surface area contributed by atoms with Crippen LogP contribution >= 0.6 is 0 Å². The first-order chi connectivity index (χ1) is 14.0. The number of rotatable bonds is 13. The van der Waals surface area contributed by atoms with Gasteiger partial charge in [-0.2, -0.15) is 0 Å². The largest absolute Gasteiger partial charge is 0.397 e. The molecular weight excluding hydrogens is 366 g/mol. The van der Waals surface area contributed by atoms with Crippen LogP contribution in [-0.4, -0.2) is 33.1 Å². The minimum absolute atomic E-state index is 0.223. The van der Waals surface area contributed by atoms with Gasteiger partial charge in [0.25, 0.3) is 0 Å². The number of ketones is 2. The fraction of sp³-hybridized carbons (Fsp3) is 0.455. The van der Waals surface area contributed by atoms with Gasteiger partial charge >= 0.3 is 0 Å². The summed E-state index contributed by atoms with van der Waals surface area (Å²) in [5, 5.41) is 11.6. The summed E-state index contributed by atoms with van der Waals surface area (Å²) in [4.78, 5) is 21.9. The van der Waals surface area contributed by atoms with Crippen molar-refractivity contribution in [2.24, 2.45) is 5.73 Å². The summed E-state index contributed by atoms with van der Waals surface area (Å²) >= 11 is 0.